The van der Waals surface area contributed by atoms with Crippen molar-refractivity contribution in [3.8, 4) is 0 Å². The topological polar surface area (TPSA) is 76.8 Å². The van der Waals surface area contributed by atoms with Crippen LogP contribution in [0.2, 0.25) is 0 Å². The van der Waals surface area contributed by atoms with Crippen molar-refractivity contribution in [1.29, 1.82) is 0 Å². The number of likely N-dealkylation sites (N-methyl/N-ethyl adjacent to an activating group) is 1. The zero-order chi connectivity index (χ0) is 14.6. The summed E-state index contributed by atoms with van der Waals surface area (Å²) in [6, 6.07) is 0. The lowest BCUT2D eigenvalue weighted by Gasteiger charge is -2.36. The molecule has 20 heavy (non-hydrogen) atoms. The third kappa shape index (κ3) is 3.46. The number of hydrogen-bond donors (Lipinski definition) is 2. The Bertz CT molecular complexity index is 372. The molecule has 6 nitrogen and oxygen atoms in total. The molecule has 2 saturated heterocycles. The predicted molar refractivity (Wildman–Crippen MR) is 79.5 cm³/mol. The maximum absolute atomic E-state index is 12.5. The van der Waals surface area contributed by atoms with E-state index in [1.807, 2.05) is 7.05 Å². The van der Waals surface area contributed by atoms with Gasteiger partial charge in [-0.15, -0.1) is 0 Å². The van der Waals surface area contributed by atoms with Gasteiger partial charge >= 0.3 is 0 Å². The van der Waals surface area contributed by atoms with Gasteiger partial charge in [-0.25, -0.2) is 0 Å². The quantitative estimate of drug-likeness (QED) is 0.683. The zero-order valence-electron chi connectivity index (χ0n) is 11.9. The van der Waals surface area contributed by atoms with E-state index in [4.69, 9.17) is 27.4 Å². The second-order valence-electron chi connectivity index (χ2n) is 5.52. The molecule has 7 heteroatoms. The third-order valence-electron chi connectivity index (χ3n) is 4.08. The lowest BCUT2D eigenvalue weighted by Crippen LogP contribution is -2.54. The summed E-state index contributed by atoms with van der Waals surface area (Å²) < 4.78 is 10.9. The third-order valence-corrected chi connectivity index (χ3v) is 4.48. The van der Waals surface area contributed by atoms with Gasteiger partial charge in [-0.2, -0.15) is 0 Å². The first-order valence-corrected chi connectivity index (χ1v) is 7.41. The maximum atomic E-state index is 12.5. The minimum atomic E-state index is -0.756. The van der Waals surface area contributed by atoms with E-state index in [0.29, 0.717) is 39.2 Å². The highest BCUT2D eigenvalue weighted by atomic mass is 32.1. The number of carbonyl (C=O) groups is 1. The molecule has 0 saturated carbocycles. The Balaban J connectivity index is 1.90. The lowest BCUT2D eigenvalue weighted by atomic mass is 9.79. The van der Waals surface area contributed by atoms with Crippen LogP contribution in [0.25, 0.3) is 0 Å². The first-order chi connectivity index (χ1) is 9.54. The fourth-order valence-corrected chi connectivity index (χ4v) is 2.97. The summed E-state index contributed by atoms with van der Waals surface area (Å²) in [5.74, 6) is -0.0925. The van der Waals surface area contributed by atoms with Gasteiger partial charge in [0.2, 0.25) is 5.91 Å². The number of nitrogens with zero attached hydrogens (tertiary/aromatic N) is 1. The molecule has 0 spiro atoms. The van der Waals surface area contributed by atoms with Gasteiger partial charge in [-0.1, -0.05) is 12.2 Å². The van der Waals surface area contributed by atoms with Crippen LogP contribution in [0.5, 0.6) is 0 Å². The van der Waals surface area contributed by atoms with Crippen LogP contribution < -0.4 is 11.1 Å². The van der Waals surface area contributed by atoms with Crippen LogP contribution in [0, 0.1) is 5.41 Å². The summed E-state index contributed by atoms with van der Waals surface area (Å²) in [5, 5.41) is 2.95. The SMILES string of the molecule is CN1CCOC(CNC(=O)C2(C(N)=S)CCOCC2)C1. The summed E-state index contributed by atoms with van der Waals surface area (Å²) in [5.41, 5.74) is 5.05. The average Bonchev–Trinajstić information content (AvgIpc) is 2.45. The van der Waals surface area contributed by atoms with E-state index in [1.165, 1.54) is 0 Å². The fourth-order valence-electron chi connectivity index (χ4n) is 2.67. The van der Waals surface area contributed by atoms with E-state index < -0.39 is 5.41 Å². The van der Waals surface area contributed by atoms with E-state index in [0.717, 1.165) is 13.1 Å². The van der Waals surface area contributed by atoms with Crippen molar-refractivity contribution in [3.63, 3.8) is 0 Å². The van der Waals surface area contributed by atoms with Gasteiger partial charge in [0.25, 0.3) is 0 Å². The normalized spacial score (nSPS) is 26.9. The Morgan fingerprint density at radius 2 is 2.15 bits per heavy atom. The van der Waals surface area contributed by atoms with Gasteiger partial charge in [0.1, 0.15) is 5.41 Å². The number of carbonyl (C=O) groups excluding carboxylic acids is 1. The van der Waals surface area contributed by atoms with E-state index in [2.05, 4.69) is 10.2 Å². The first-order valence-electron chi connectivity index (χ1n) is 7.01. The minimum Gasteiger partial charge on any atom is -0.392 e. The van der Waals surface area contributed by atoms with Crippen LogP contribution in [0.3, 0.4) is 0 Å². The number of nitrogens with one attached hydrogen (secondary N) is 1. The largest absolute Gasteiger partial charge is 0.392 e. The van der Waals surface area contributed by atoms with Gasteiger partial charge in [-0.05, 0) is 19.9 Å². The Hall–Kier alpha value is -0.760. The molecule has 1 amide bonds. The van der Waals surface area contributed by atoms with Crippen LogP contribution in [0.15, 0.2) is 0 Å². The Morgan fingerprint density at radius 3 is 2.75 bits per heavy atom. The Labute approximate surface area is 125 Å². The van der Waals surface area contributed by atoms with Crippen molar-refractivity contribution < 1.29 is 14.3 Å². The van der Waals surface area contributed by atoms with Crippen LogP contribution >= 0.6 is 12.2 Å². The molecule has 114 valence electrons. The molecule has 0 aromatic carbocycles. The minimum absolute atomic E-state index is 0.0286. The fraction of sp³-hybridized carbons (Fsp3) is 0.846. The first kappa shape index (κ1) is 15.6. The van der Waals surface area contributed by atoms with Crippen LogP contribution in [0.4, 0.5) is 0 Å². The van der Waals surface area contributed by atoms with Crippen molar-refractivity contribution in [2.24, 2.45) is 11.1 Å². The molecule has 2 aliphatic rings. The second kappa shape index (κ2) is 6.80. The molecule has 2 aliphatic heterocycles. The zero-order valence-corrected chi connectivity index (χ0v) is 12.7. The monoisotopic (exact) mass is 301 g/mol. The van der Waals surface area contributed by atoms with Crippen molar-refractivity contribution in [2.45, 2.75) is 18.9 Å². The molecule has 0 bridgehead atoms. The summed E-state index contributed by atoms with van der Waals surface area (Å²) >= 11 is 5.12. The van der Waals surface area contributed by atoms with Crippen LogP contribution in [0.1, 0.15) is 12.8 Å². The van der Waals surface area contributed by atoms with Crippen molar-refractivity contribution in [3.05, 3.63) is 0 Å². The highest BCUT2D eigenvalue weighted by Crippen LogP contribution is 2.31. The number of hydrogen-bond acceptors (Lipinski definition) is 5. The molecule has 0 radical (unpaired) electrons. The molecule has 0 aliphatic carbocycles. The van der Waals surface area contributed by atoms with E-state index in [9.17, 15) is 4.79 Å². The molecular formula is C13H23N3O3S. The van der Waals surface area contributed by atoms with Gasteiger partial charge in [0.05, 0.1) is 17.7 Å². The van der Waals surface area contributed by atoms with Gasteiger partial charge in [0, 0.05) is 32.8 Å². The number of amides is 1. The molecular weight excluding hydrogens is 278 g/mol. The highest BCUT2D eigenvalue weighted by molar-refractivity contribution is 7.80. The molecule has 3 N–H and O–H groups in total. The van der Waals surface area contributed by atoms with E-state index in [1.54, 1.807) is 0 Å². The summed E-state index contributed by atoms with van der Waals surface area (Å²) in [4.78, 5) is 14.9. The van der Waals surface area contributed by atoms with Crippen molar-refractivity contribution in [2.75, 3.05) is 46.5 Å². The molecule has 1 atom stereocenters. The molecule has 1 unspecified atom stereocenters. The van der Waals surface area contributed by atoms with E-state index in [-0.39, 0.29) is 17.0 Å². The summed E-state index contributed by atoms with van der Waals surface area (Å²) in [7, 11) is 2.05. The number of rotatable bonds is 4. The molecule has 2 fully saturated rings. The van der Waals surface area contributed by atoms with E-state index >= 15 is 0 Å². The lowest BCUT2D eigenvalue weighted by molar-refractivity contribution is -0.132. The van der Waals surface area contributed by atoms with Crippen LogP contribution in [-0.2, 0) is 14.3 Å². The smallest absolute Gasteiger partial charge is 0.233 e. The second-order valence-corrected chi connectivity index (χ2v) is 5.96. The Morgan fingerprint density at radius 1 is 1.45 bits per heavy atom. The molecule has 0 aromatic heterocycles. The molecule has 2 rings (SSSR count). The average molecular weight is 301 g/mol. The van der Waals surface area contributed by atoms with Gasteiger partial charge in [-0.3, -0.25) is 4.79 Å². The molecule has 0 aromatic rings. The standard InChI is InChI=1S/C13H23N3O3S/c1-16-4-7-19-10(9-16)8-15-12(17)13(11(14)20)2-5-18-6-3-13/h10H,2-9H2,1H3,(H2,14,20)(H,15,17). The number of thiocarbonyl (C=S) groups is 1. The number of morpholine rings is 1. The van der Waals surface area contributed by atoms with Crippen molar-refractivity contribution >= 4 is 23.1 Å². The van der Waals surface area contributed by atoms with Gasteiger partial charge in [0.15, 0.2) is 0 Å². The Kier molecular flexibility index (Phi) is 5.31. The molecule has 2 heterocycles. The maximum Gasteiger partial charge on any atom is 0.233 e. The van der Waals surface area contributed by atoms with Crippen LogP contribution in [-0.4, -0.2) is 68.4 Å². The van der Waals surface area contributed by atoms with Gasteiger partial charge < -0.3 is 25.4 Å². The predicted octanol–water partition coefficient (Wildman–Crippen LogP) is -0.484. The number of ether oxygens (including phenoxy) is 2. The number of nitrogens with two attached hydrogens (primary N) is 1. The van der Waals surface area contributed by atoms with Crippen molar-refractivity contribution in [1.82, 2.24) is 10.2 Å². The summed E-state index contributed by atoms with van der Waals surface area (Å²) in [6.07, 6.45) is 1.14. The highest BCUT2D eigenvalue weighted by Gasteiger charge is 2.43. The summed E-state index contributed by atoms with van der Waals surface area (Å²) in [6.45, 7) is 3.99.